The van der Waals surface area contributed by atoms with Crippen LogP contribution in [-0.2, 0) is 0 Å². The Labute approximate surface area is 92.7 Å². The van der Waals surface area contributed by atoms with Gasteiger partial charge in [0.25, 0.3) is 0 Å². The average molecular weight is 258 g/mol. The van der Waals surface area contributed by atoms with Crippen LogP contribution in [-0.4, -0.2) is 4.99 Å². The molecule has 0 aliphatic carbocycles. The molecule has 70 valence electrons. The van der Waals surface area contributed by atoms with E-state index >= 15 is 0 Å². The number of benzene rings is 1. The van der Waals surface area contributed by atoms with Crippen LogP contribution in [0.5, 0.6) is 0 Å². The fourth-order valence-corrected chi connectivity index (χ4v) is 1.70. The Bertz CT molecular complexity index is 299. The van der Waals surface area contributed by atoms with E-state index in [1.165, 1.54) is 0 Å². The third-order valence-corrected chi connectivity index (χ3v) is 2.62. The zero-order chi connectivity index (χ0) is 9.68. The Hall–Kier alpha value is -0.410. The Morgan fingerprint density at radius 3 is 2.77 bits per heavy atom. The minimum atomic E-state index is 0.898. The van der Waals surface area contributed by atoms with Gasteiger partial charge in [-0.05, 0) is 40.9 Å². The molecule has 0 bridgehead atoms. The van der Waals surface area contributed by atoms with Crippen LogP contribution < -0.4 is 5.32 Å². The van der Waals surface area contributed by atoms with E-state index in [2.05, 4.69) is 28.2 Å². The summed E-state index contributed by atoms with van der Waals surface area (Å²) in [6.45, 7) is 2.12. The summed E-state index contributed by atoms with van der Waals surface area (Å²) in [6.07, 6.45) is 2.02. The first kappa shape index (κ1) is 10.7. The van der Waals surface area contributed by atoms with Gasteiger partial charge in [-0.2, -0.15) is 0 Å². The van der Waals surface area contributed by atoms with Gasteiger partial charge in [-0.1, -0.05) is 31.3 Å². The molecule has 0 aromatic heterocycles. The fraction of sp³-hybridized carbons (Fsp3) is 0.300. The Morgan fingerprint density at radius 2 is 2.15 bits per heavy atom. The fourth-order valence-electron chi connectivity index (χ4n) is 1.00. The molecule has 0 aliphatic rings. The largest absolute Gasteiger partial charge is 0.349 e. The molecule has 0 amide bonds. The lowest BCUT2D eigenvalue weighted by Gasteiger charge is -2.08. The summed E-state index contributed by atoms with van der Waals surface area (Å²) >= 11 is 8.62. The number of para-hydroxylation sites is 1. The van der Waals surface area contributed by atoms with Gasteiger partial charge in [0.2, 0.25) is 0 Å². The van der Waals surface area contributed by atoms with Crippen molar-refractivity contribution in [3.8, 4) is 0 Å². The molecule has 0 heterocycles. The second-order valence-electron chi connectivity index (χ2n) is 2.78. The first-order valence-corrected chi connectivity index (χ1v) is 5.48. The van der Waals surface area contributed by atoms with Crippen molar-refractivity contribution < 1.29 is 0 Å². The quantitative estimate of drug-likeness (QED) is 0.823. The van der Waals surface area contributed by atoms with Crippen molar-refractivity contribution in [3.63, 3.8) is 0 Å². The van der Waals surface area contributed by atoms with Crippen molar-refractivity contribution in [1.29, 1.82) is 0 Å². The predicted octanol–water partition coefficient (Wildman–Crippen LogP) is 3.99. The molecule has 0 spiro atoms. The maximum atomic E-state index is 5.16. The SMILES string of the molecule is CCCC(=S)Nc1ccccc1Br. The number of nitrogens with one attached hydrogen (secondary N) is 1. The Morgan fingerprint density at radius 1 is 1.46 bits per heavy atom. The zero-order valence-corrected chi connectivity index (χ0v) is 9.91. The molecule has 1 rings (SSSR count). The Kier molecular flexibility index (Phi) is 4.39. The molecule has 1 aromatic carbocycles. The van der Waals surface area contributed by atoms with Gasteiger partial charge in [0.15, 0.2) is 0 Å². The van der Waals surface area contributed by atoms with Crippen LogP contribution in [0.1, 0.15) is 19.8 Å². The van der Waals surface area contributed by atoms with Gasteiger partial charge < -0.3 is 5.32 Å². The topological polar surface area (TPSA) is 12.0 Å². The van der Waals surface area contributed by atoms with Crippen LogP contribution in [0.4, 0.5) is 5.69 Å². The van der Waals surface area contributed by atoms with E-state index in [0.717, 1.165) is 28.0 Å². The summed E-state index contributed by atoms with van der Waals surface area (Å²) in [6, 6.07) is 7.97. The molecule has 0 aliphatic heterocycles. The van der Waals surface area contributed by atoms with E-state index in [1.54, 1.807) is 0 Å². The lowest BCUT2D eigenvalue weighted by molar-refractivity contribution is 1.00. The molecule has 0 radical (unpaired) electrons. The molecule has 13 heavy (non-hydrogen) atoms. The molecule has 3 heteroatoms. The van der Waals surface area contributed by atoms with Crippen molar-refractivity contribution in [1.82, 2.24) is 0 Å². The average Bonchev–Trinajstić information content (AvgIpc) is 2.09. The molecule has 0 atom stereocenters. The standard InChI is InChI=1S/C10H12BrNS/c1-2-5-10(13)12-9-7-4-3-6-8(9)11/h3-4,6-7H,2,5H2,1H3,(H,12,13). The molecule has 0 saturated heterocycles. The van der Waals surface area contributed by atoms with Crippen LogP contribution in [0.15, 0.2) is 28.7 Å². The van der Waals surface area contributed by atoms with Crippen LogP contribution in [0.2, 0.25) is 0 Å². The van der Waals surface area contributed by atoms with Crippen molar-refractivity contribution in [2.24, 2.45) is 0 Å². The van der Waals surface area contributed by atoms with Crippen molar-refractivity contribution >= 4 is 38.8 Å². The van der Waals surface area contributed by atoms with E-state index < -0.39 is 0 Å². The molecule has 1 N–H and O–H groups in total. The maximum Gasteiger partial charge on any atom is 0.0797 e. The van der Waals surface area contributed by atoms with Crippen molar-refractivity contribution in [3.05, 3.63) is 28.7 Å². The van der Waals surface area contributed by atoms with E-state index in [0.29, 0.717) is 0 Å². The smallest absolute Gasteiger partial charge is 0.0797 e. The van der Waals surface area contributed by atoms with E-state index in [1.807, 2.05) is 24.3 Å². The summed E-state index contributed by atoms with van der Waals surface area (Å²) in [5.74, 6) is 0. The van der Waals surface area contributed by atoms with E-state index in [9.17, 15) is 0 Å². The molecule has 0 fully saturated rings. The third-order valence-electron chi connectivity index (χ3n) is 1.63. The van der Waals surface area contributed by atoms with Gasteiger partial charge in [-0.25, -0.2) is 0 Å². The second-order valence-corrected chi connectivity index (χ2v) is 4.13. The van der Waals surface area contributed by atoms with Gasteiger partial charge >= 0.3 is 0 Å². The molecule has 1 nitrogen and oxygen atoms in total. The molecule has 1 aromatic rings. The third kappa shape index (κ3) is 3.44. The summed E-state index contributed by atoms with van der Waals surface area (Å²) in [7, 11) is 0. The van der Waals surface area contributed by atoms with Gasteiger partial charge in [0.1, 0.15) is 0 Å². The van der Waals surface area contributed by atoms with Crippen LogP contribution >= 0.6 is 28.1 Å². The highest BCUT2D eigenvalue weighted by molar-refractivity contribution is 9.10. The summed E-state index contributed by atoms with van der Waals surface area (Å²) in [5.41, 5.74) is 1.04. The minimum absolute atomic E-state index is 0.898. The van der Waals surface area contributed by atoms with Crippen molar-refractivity contribution in [2.75, 3.05) is 5.32 Å². The normalized spacial score (nSPS) is 9.69. The lowest BCUT2D eigenvalue weighted by Crippen LogP contribution is -2.08. The van der Waals surface area contributed by atoms with Gasteiger partial charge in [-0.3, -0.25) is 0 Å². The first-order valence-electron chi connectivity index (χ1n) is 4.28. The van der Waals surface area contributed by atoms with Crippen molar-refractivity contribution in [2.45, 2.75) is 19.8 Å². The number of hydrogen-bond acceptors (Lipinski definition) is 1. The van der Waals surface area contributed by atoms with E-state index in [-0.39, 0.29) is 0 Å². The number of rotatable bonds is 3. The summed E-state index contributed by atoms with van der Waals surface area (Å²) in [4.78, 5) is 0.898. The lowest BCUT2D eigenvalue weighted by atomic mass is 10.3. The molecular weight excluding hydrogens is 246 g/mol. The second kappa shape index (κ2) is 5.35. The zero-order valence-electron chi connectivity index (χ0n) is 7.51. The monoisotopic (exact) mass is 257 g/mol. The Balaban J connectivity index is 2.63. The predicted molar refractivity (Wildman–Crippen MR) is 65.3 cm³/mol. The first-order chi connectivity index (χ1) is 6.24. The summed E-state index contributed by atoms with van der Waals surface area (Å²) in [5, 5.41) is 3.20. The highest BCUT2D eigenvalue weighted by Gasteiger charge is 1.99. The van der Waals surface area contributed by atoms with Gasteiger partial charge in [-0.15, -0.1) is 0 Å². The highest BCUT2D eigenvalue weighted by atomic mass is 79.9. The number of hydrogen-bond donors (Lipinski definition) is 1. The molecular formula is C10H12BrNS. The number of anilines is 1. The van der Waals surface area contributed by atoms with Gasteiger partial charge in [0.05, 0.1) is 10.7 Å². The molecule has 0 saturated carbocycles. The van der Waals surface area contributed by atoms with E-state index in [4.69, 9.17) is 12.2 Å². The number of thiocarbonyl (C=S) groups is 1. The maximum absolute atomic E-state index is 5.16. The van der Waals surface area contributed by atoms with Crippen LogP contribution in [0.25, 0.3) is 0 Å². The van der Waals surface area contributed by atoms with Crippen LogP contribution in [0.3, 0.4) is 0 Å². The summed E-state index contributed by atoms with van der Waals surface area (Å²) < 4.78 is 1.05. The van der Waals surface area contributed by atoms with Gasteiger partial charge in [0, 0.05) is 4.47 Å². The minimum Gasteiger partial charge on any atom is -0.349 e. The molecule has 0 unspecified atom stereocenters. The highest BCUT2D eigenvalue weighted by Crippen LogP contribution is 2.21. The van der Waals surface area contributed by atoms with Crippen LogP contribution in [0, 0.1) is 0 Å². The number of halogens is 1.